The number of hydrogen-bond acceptors (Lipinski definition) is 5. The Morgan fingerprint density at radius 3 is 2.58 bits per heavy atom. The Balaban J connectivity index is 2.91. The van der Waals surface area contributed by atoms with Crippen LogP contribution in [0.1, 0.15) is 10.4 Å². The average Bonchev–Trinajstić information content (AvgIpc) is 2.33. The fraction of sp³-hybridized carbons (Fsp3) is 0.417. The fourth-order valence-electron chi connectivity index (χ4n) is 1.56. The van der Waals surface area contributed by atoms with Crippen LogP contribution in [0.2, 0.25) is 0 Å². The molecular weight excluding hydrogens is 268 g/mol. The summed E-state index contributed by atoms with van der Waals surface area (Å²) in [6.07, 6.45) is 1.13. The van der Waals surface area contributed by atoms with Crippen LogP contribution >= 0.6 is 0 Å². The zero-order valence-corrected chi connectivity index (χ0v) is 12.0. The van der Waals surface area contributed by atoms with Crippen molar-refractivity contribution < 1.29 is 17.9 Å². The largest absolute Gasteiger partial charge is 0.494 e. The van der Waals surface area contributed by atoms with E-state index in [1.165, 1.54) is 19.1 Å². The minimum absolute atomic E-state index is 0.0835. The van der Waals surface area contributed by atoms with Crippen molar-refractivity contribution in [3.8, 4) is 5.75 Å². The number of nitrogens with zero attached hydrogens (tertiary/aromatic N) is 1. The van der Waals surface area contributed by atoms with E-state index in [0.717, 1.165) is 6.26 Å². The summed E-state index contributed by atoms with van der Waals surface area (Å²) in [6.45, 7) is 0.121. The first-order chi connectivity index (χ1) is 8.76. The molecule has 0 heterocycles. The van der Waals surface area contributed by atoms with E-state index in [1.54, 1.807) is 18.2 Å². The van der Waals surface area contributed by atoms with Gasteiger partial charge in [-0.2, -0.15) is 0 Å². The van der Waals surface area contributed by atoms with Gasteiger partial charge in [0.15, 0.2) is 5.75 Å². The molecule has 0 radical (unpaired) electrons. The molecule has 0 spiro atoms. The van der Waals surface area contributed by atoms with Crippen molar-refractivity contribution in [3.63, 3.8) is 0 Å². The van der Waals surface area contributed by atoms with Crippen LogP contribution in [0.4, 0.5) is 5.69 Å². The molecule has 0 aromatic heterocycles. The van der Waals surface area contributed by atoms with Crippen molar-refractivity contribution in [2.24, 2.45) is 0 Å². The first-order valence-electron chi connectivity index (χ1n) is 5.62. The normalized spacial score (nSPS) is 11.1. The number of para-hydroxylation sites is 1. The predicted molar refractivity (Wildman–Crippen MR) is 74.1 cm³/mol. The molecule has 1 amide bonds. The molecule has 0 bridgehead atoms. The lowest BCUT2D eigenvalue weighted by atomic mass is 10.1. The van der Waals surface area contributed by atoms with Gasteiger partial charge in [0, 0.05) is 19.8 Å². The molecule has 1 aromatic carbocycles. The molecular formula is C12H18N2O4S. The van der Waals surface area contributed by atoms with Gasteiger partial charge in [-0.1, -0.05) is 6.07 Å². The summed E-state index contributed by atoms with van der Waals surface area (Å²) >= 11 is 0. The van der Waals surface area contributed by atoms with Gasteiger partial charge in [0.1, 0.15) is 9.84 Å². The SMILES string of the molecule is COc1c(N)cccc1C(=O)N(C)CCS(C)(=O)=O. The van der Waals surface area contributed by atoms with Crippen molar-refractivity contribution in [1.82, 2.24) is 4.90 Å². The number of carbonyl (C=O) groups is 1. The highest BCUT2D eigenvalue weighted by Gasteiger charge is 2.19. The molecule has 0 aliphatic rings. The van der Waals surface area contributed by atoms with Crippen LogP contribution in [-0.4, -0.2) is 51.9 Å². The van der Waals surface area contributed by atoms with Gasteiger partial charge in [0.05, 0.1) is 24.1 Å². The maximum absolute atomic E-state index is 12.2. The summed E-state index contributed by atoms with van der Waals surface area (Å²) in [6, 6.07) is 4.87. The lowest BCUT2D eigenvalue weighted by Gasteiger charge is -2.18. The Morgan fingerprint density at radius 1 is 1.42 bits per heavy atom. The third-order valence-electron chi connectivity index (χ3n) is 2.62. The van der Waals surface area contributed by atoms with Crippen LogP contribution in [0.3, 0.4) is 0 Å². The molecule has 0 aliphatic heterocycles. The van der Waals surface area contributed by atoms with E-state index in [-0.39, 0.29) is 18.2 Å². The summed E-state index contributed by atoms with van der Waals surface area (Å²) in [7, 11) is -0.141. The highest BCUT2D eigenvalue weighted by molar-refractivity contribution is 7.90. The minimum Gasteiger partial charge on any atom is -0.494 e. The molecule has 0 atom stereocenters. The second kappa shape index (κ2) is 5.92. The van der Waals surface area contributed by atoms with E-state index < -0.39 is 9.84 Å². The first-order valence-corrected chi connectivity index (χ1v) is 7.68. The molecule has 19 heavy (non-hydrogen) atoms. The molecule has 0 aliphatic carbocycles. The smallest absolute Gasteiger partial charge is 0.257 e. The molecule has 0 fully saturated rings. The van der Waals surface area contributed by atoms with E-state index >= 15 is 0 Å². The van der Waals surface area contributed by atoms with Gasteiger partial charge < -0.3 is 15.4 Å². The summed E-state index contributed by atoms with van der Waals surface area (Å²) in [5, 5.41) is 0. The number of amides is 1. The summed E-state index contributed by atoms with van der Waals surface area (Å²) in [4.78, 5) is 13.5. The number of sulfone groups is 1. The van der Waals surface area contributed by atoms with Crippen LogP contribution in [0.15, 0.2) is 18.2 Å². The topological polar surface area (TPSA) is 89.7 Å². The molecule has 6 nitrogen and oxygen atoms in total. The minimum atomic E-state index is -3.11. The first kappa shape index (κ1) is 15.3. The van der Waals surface area contributed by atoms with Gasteiger partial charge in [0.2, 0.25) is 0 Å². The van der Waals surface area contributed by atoms with Crippen molar-refractivity contribution in [3.05, 3.63) is 23.8 Å². The van der Waals surface area contributed by atoms with E-state index in [1.807, 2.05) is 0 Å². The summed E-state index contributed by atoms with van der Waals surface area (Å²) < 4.78 is 27.3. The molecule has 0 saturated heterocycles. The van der Waals surface area contributed by atoms with E-state index in [0.29, 0.717) is 17.0 Å². The number of nitrogen functional groups attached to an aromatic ring is 1. The van der Waals surface area contributed by atoms with Crippen LogP contribution in [0.25, 0.3) is 0 Å². The molecule has 7 heteroatoms. The van der Waals surface area contributed by atoms with Crippen LogP contribution < -0.4 is 10.5 Å². The molecule has 0 unspecified atom stereocenters. The Kier molecular flexibility index (Phi) is 4.77. The molecule has 1 aromatic rings. The standard InChI is InChI=1S/C12H18N2O4S/c1-14(7-8-19(3,16)17)12(15)9-5-4-6-10(13)11(9)18-2/h4-6H,7-8,13H2,1-3H3. The zero-order chi connectivity index (χ0) is 14.6. The molecule has 106 valence electrons. The number of ether oxygens (including phenoxy) is 1. The average molecular weight is 286 g/mol. The highest BCUT2D eigenvalue weighted by Crippen LogP contribution is 2.26. The van der Waals surface area contributed by atoms with Gasteiger partial charge >= 0.3 is 0 Å². The highest BCUT2D eigenvalue weighted by atomic mass is 32.2. The lowest BCUT2D eigenvalue weighted by Crippen LogP contribution is -2.31. The zero-order valence-electron chi connectivity index (χ0n) is 11.2. The van der Waals surface area contributed by atoms with Crippen LogP contribution in [-0.2, 0) is 9.84 Å². The number of nitrogens with two attached hydrogens (primary N) is 1. The number of benzene rings is 1. The predicted octanol–water partition coefficient (Wildman–Crippen LogP) is 0.394. The second-order valence-electron chi connectivity index (χ2n) is 4.28. The number of methoxy groups -OCH3 is 1. The van der Waals surface area contributed by atoms with Crippen molar-refractivity contribution in [2.75, 3.05) is 38.4 Å². The quantitative estimate of drug-likeness (QED) is 0.791. The number of rotatable bonds is 5. The lowest BCUT2D eigenvalue weighted by molar-refractivity contribution is 0.0800. The molecule has 0 saturated carbocycles. The molecule has 2 N–H and O–H groups in total. The third-order valence-corrected chi connectivity index (χ3v) is 3.55. The van der Waals surface area contributed by atoms with Gasteiger partial charge in [-0.05, 0) is 12.1 Å². The summed E-state index contributed by atoms with van der Waals surface area (Å²) in [5.74, 6) is -0.105. The fourth-order valence-corrected chi connectivity index (χ4v) is 2.17. The Labute approximate surface area is 113 Å². The second-order valence-corrected chi connectivity index (χ2v) is 6.54. The number of hydrogen-bond donors (Lipinski definition) is 1. The Bertz CT molecular complexity index is 569. The Morgan fingerprint density at radius 2 is 2.05 bits per heavy atom. The maximum atomic E-state index is 12.2. The third kappa shape index (κ3) is 4.13. The van der Waals surface area contributed by atoms with Crippen LogP contribution in [0, 0.1) is 0 Å². The van der Waals surface area contributed by atoms with Crippen molar-refractivity contribution in [1.29, 1.82) is 0 Å². The number of carbonyl (C=O) groups excluding carboxylic acids is 1. The van der Waals surface area contributed by atoms with Gasteiger partial charge in [-0.15, -0.1) is 0 Å². The van der Waals surface area contributed by atoms with Gasteiger partial charge in [-0.25, -0.2) is 8.42 Å². The van der Waals surface area contributed by atoms with Crippen molar-refractivity contribution in [2.45, 2.75) is 0 Å². The van der Waals surface area contributed by atoms with Gasteiger partial charge in [-0.3, -0.25) is 4.79 Å². The number of anilines is 1. The van der Waals surface area contributed by atoms with E-state index in [9.17, 15) is 13.2 Å². The maximum Gasteiger partial charge on any atom is 0.257 e. The van der Waals surface area contributed by atoms with Crippen molar-refractivity contribution >= 4 is 21.4 Å². The van der Waals surface area contributed by atoms with E-state index in [4.69, 9.17) is 10.5 Å². The van der Waals surface area contributed by atoms with Crippen LogP contribution in [0.5, 0.6) is 5.75 Å². The molecule has 1 rings (SSSR count). The van der Waals surface area contributed by atoms with Gasteiger partial charge in [0.25, 0.3) is 5.91 Å². The Hall–Kier alpha value is -1.76. The monoisotopic (exact) mass is 286 g/mol. The van der Waals surface area contributed by atoms with E-state index in [2.05, 4.69) is 0 Å². The summed E-state index contributed by atoms with van der Waals surface area (Å²) in [5.41, 5.74) is 6.41.